The fourth-order valence-corrected chi connectivity index (χ4v) is 3.19. The summed E-state index contributed by atoms with van der Waals surface area (Å²) < 4.78 is 25.3. The Kier molecular flexibility index (Phi) is 4.69. The monoisotopic (exact) mass is 297 g/mol. The Labute approximate surface area is 118 Å². The maximum absolute atomic E-state index is 13.1. The van der Waals surface area contributed by atoms with E-state index in [9.17, 15) is 8.60 Å². The normalized spacial score (nSPS) is 12.4. The van der Waals surface area contributed by atoms with Crippen LogP contribution in [0.1, 0.15) is 11.1 Å². The Morgan fingerprint density at radius 2 is 1.84 bits per heavy atom. The summed E-state index contributed by atoms with van der Waals surface area (Å²) in [6.07, 6.45) is 0. The van der Waals surface area contributed by atoms with Crippen molar-refractivity contribution in [1.82, 2.24) is 0 Å². The SMILES string of the molecule is NCc1ccccc1CS(=O)c1ccc(F)c(Cl)c1. The van der Waals surface area contributed by atoms with Crippen LogP contribution in [0.25, 0.3) is 0 Å². The molecule has 0 heterocycles. The predicted octanol–water partition coefficient (Wildman–Crippen LogP) is 3.25. The quantitative estimate of drug-likeness (QED) is 0.941. The van der Waals surface area contributed by atoms with E-state index in [1.165, 1.54) is 18.2 Å². The van der Waals surface area contributed by atoms with E-state index in [-0.39, 0.29) is 5.02 Å². The van der Waals surface area contributed by atoms with E-state index in [2.05, 4.69) is 0 Å². The first-order valence-electron chi connectivity index (χ1n) is 5.72. The molecular formula is C14H13ClFNOS. The third-order valence-electron chi connectivity index (χ3n) is 2.78. The molecule has 0 aromatic heterocycles. The molecular weight excluding hydrogens is 285 g/mol. The van der Waals surface area contributed by atoms with Gasteiger partial charge in [-0.05, 0) is 29.3 Å². The molecule has 0 radical (unpaired) electrons. The van der Waals surface area contributed by atoms with Crippen molar-refractivity contribution in [2.24, 2.45) is 5.73 Å². The van der Waals surface area contributed by atoms with E-state index >= 15 is 0 Å². The van der Waals surface area contributed by atoms with Crippen LogP contribution in [0.5, 0.6) is 0 Å². The van der Waals surface area contributed by atoms with Crippen molar-refractivity contribution < 1.29 is 8.60 Å². The van der Waals surface area contributed by atoms with Gasteiger partial charge in [0, 0.05) is 11.4 Å². The maximum Gasteiger partial charge on any atom is 0.141 e. The lowest BCUT2D eigenvalue weighted by Crippen LogP contribution is -2.04. The number of hydrogen-bond acceptors (Lipinski definition) is 2. The Bertz CT molecular complexity index is 618. The second-order valence-electron chi connectivity index (χ2n) is 4.04. The van der Waals surface area contributed by atoms with Crippen LogP contribution in [-0.2, 0) is 23.1 Å². The lowest BCUT2D eigenvalue weighted by molar-refractivity contribution is 0.626. The second-order valence-corrected chi connectivity index (χ2v) is 5.90. The third kappa shape index (κ3) is 3.41. The molecule has 0 aliphatic rings. The first-order valence-corrected chi connectivity index (χ1v) is 7.42. The maximum atomic E-state index is 13.1. The standard InChI is InChI=1S/C14H13ClFNOS/c15-13-7-12(5-6-14(13)16)19(18)9-11-4-2-1-3-10(11)8-17/h1-7H,8-9,17H2. The van der Waals surface area contributed by atoms with E-state index in [0.29, 0.717) is 17.2 Å². The van der Waals surface area contributed by atoms with Crippen LogP contribution in [0, 0.1) is 5.82 Å². The van der Waals surface area contributed by atoms with Crippen molar-refractivity contribution in [2.45, 2.75) is 17.2 Å². The van der Waals surface area contributed by atoms with Gasteiger partial charge in [-0.1, -0.05) is 35.9 Å². The van der Waals surface area contributed by atoms with E-state index in [4.69, 9.17) is 17.3 Å². The summed E-state index contributed by atoms with van der Waals surface area (Å²) in [4.78, 5) is 0.512. The summed E-state index contributed by atoms with van der Waals surface area (Å²) in [7, 11) is -1.27. The van der Waals surface area contributed by atoms with Gasteiger partial charge >= 0.3 is 0 Å². The van der Waals surface area contributed by atoms with E-state index in [1.807, 2.05) is 24.3 Å². The second kappa shape index (κ2) is 6.28. The fourth-order valence-electron chi connectivity index (χ4n) is 1.74. The Morgan fingerprint density at radius 3 is 2.47 bits per heavy atom. The molecule has 2 aromatic carbocycles. The molecule has 100 valence electrons. The summed E-state index contributed by atoms with van der Waals surface area (Å²) in [6.45, 7) is 0.400. The Hall–Kier alpha value is -1.23. The van der Waals surface area contributed by atoms with Crippen LogP contribution in [-0.4, -0.2) is 4.21 Å². The molecule has 1 unspecified atom stereocenters. The van der Waals surface area contributed by atoms with Gasteiger partial charge in [0.25, 0.3) is 0 Å². The molecule has 2 aromatic rings. The van der Waals surface area contributed by atoms with E-state index in [1.54, 1.807) is 0 Å². The molecule has 1 atom stereocenters. The van der Waals surface area contributed by atoms with Gasteiger partial charge in [-0.2, -0.15) is 0 Å². The highest BCUT2D eigenvalue weighted by atomic mass is 35.5. The van der Waals surface area contributed by atoms with Crippen molar-refractivity contribution in [3.8, 4) is 0 Å². The van der Waals surface area contributed by atoms with Crippen molar-refractivity contribution in [3.05, 3.63) is 64.4 Å². The van der Waals surface area contributed by atoms with Gasteiger partial charge in [0.2, 0.25) is 0 Å². The lowest BCUT2D eigenvalue weighted by atomic mass is 10.1. The number of nitrogens with two attached hydrogens (primary N) is 1. The van der Waals surface area contributed by atoms with Crippen LogP contribution in [0.4, 0.5) is 4.39 Å². The number of halogens is 2. The van der Waals surface area contributed by atoms with Gasteiger partial charge < -0.3 is 5.73 Å². The first kappa shape index (κ1) is 14.2. The topological polar surface area (TPSA) is 43.1 Å². The van der Waals surface area contributed by atoms with Crippen molar-refractivity contribution in [3.63, 3.8) is 0 Å². The Morgan fingerprint density at radius 1 is 1.16 bits per heavy atom. The molecule has 0 saturated heterocycles. The third-order valence-corrected chi connectivity index (χ3v) is 4.42. The minimum Gasteiger partial charge on any atom is -0.326 e. The van der Waals surface area contributed by atoms with Gasteiger partial charge in [0.05, 0.1) is 21.6 Å². The molecule has 5 heteroatoms. The number of hydrogen-bond donors (Lipinski definition) is 1. The molecule has 0 fully saturated rings. The zero-order valence-corrected chi connectivity index (χ0v) is 11.7. The molecule has 0 bridgehead atoms. The molecule has 0 aliphatic carbocycles. The minimum absolute atomic E-state index is 0.0158. The summed E-state index contributed by atoms with van der Waals surface area (Å²) >= 11 is 5.69. The first-order chi connectivity index (χ1) is 9.11. The number of benzene rings is 2. The summed E-state index contributed by atoms with van der Waals surface area (Å²) in [5.41, 5.74) is 7.54. The van der Waals surface area contributed by atoms with Crippen molar-refractivity contribution >= 4 is 22.4 Å². The minimum atomic E-state index is -1.27. The smallest absolute Gasteiger partial charge is 0.141 e. The predicted molar refractivity (Wildman–Crippen MR) is 75.9 cm³/mol. The molecule has 19 heavy (non-hydrogen) atoms. The molecule has 0 spiro atoms. The van der Waals surface area contributed by atoms with Crippen LogP contribution in [0.15, 0.2) is 47.4 Å². The average Bonchev–Trinajstić information content (AvgIpc) is 2.42. The van der Waals surface area contributed by atoms with Crippen LogP contribution in [0.2, 0.25) is 5.02 Å². The highest BCUT2D eigenvalue weighted by molar-refractivity contribution is 7.84. The molecule has 0 saturated carbocycles. The summed E-state index contributed by atoms with van der Waals surface area (Å²) in [6, 6.07) is 11.7. The van der Waals surface area contributed by atoms with Gasteiger partial charge in [0.15, 0.2) is 0 Å². The molecule has 0 amide bonds. The van der Waals surface area contributed by atoms with E-state index in [0.717, 1.165) is 11.1 Å². The van der Waals surface area contributed by atoms with E-state index < -0.39 is 16.6 Å². The molecule has 2 rings (SSSR count). The van der Waals surface area contributed by atoms with Crippen LogP contribution < -0.4 is 5.73 Å². The highest BCUT2D eigenvalue weighted by Gasteiger charge is 2.10. The van der Waals surface area contributed by atoms with Gasteiger partial charge in [0.1, 0.15) is 5.82 Å². The zero-order chi connectivity index (χ0) is 13.8. The van der Waals surface area contributed by atoms with Crippen molar-refractivity contribution in [2.75, 3.05) is 0 Å². The van der Waals surface area contributed by atoms with Crippen molar-refractivity contribution in [1.29, 1.82) is 0 Å². The highest BCUT2D eigenvalue weighted by Crippen LogP contribution is 2.21. The largest absolute Gasteiger partial charge is 0.326 e. The average molecular weight is 298 g/mol. The van der Waals surface area contributed by atoms with Crippen LogP contribution >= 0.6 is 11.6 Å². The zero-order valence-electron chi connectivity index (χ0n) is 10.1. The Balaban J connectivity index is 2.23. The lowest BCUT2D eigenvalue weighted by Gasteiger charge is -2.08. The summed E-state index contributed by atoms with van der Waals surface area (Å²) in [5, 5.41) is -0.0158. The molecule has 0 aliphatic heterocycles. The molecule has 2 nitrogen and oxygen atoms in total. The van der Waals surface area contributed by atoms with Gasteiger partial charge in [-0.25, -0.2) is 4.39 Å². The summed E-state index contributed by atoms with van der Waals surface area (Å²) in [5.74, 6) is -0.167. The number of rotatable bonds is 4. The fraction of sp³-hybridized carbons (Fsp3) is 0.143. The molecule has 2 N–H and O–H groups in total. The van der Waals surface area contributed by atoms with Gasteiger partial charge in [-0.3, -0.25) is 4.21 Å². The van der Waals surface area contributed by atoms with Crippen LogP contribution in [0.3, 0.4) is 0 Å². The van der Waals surface area contributed by atoms with Gasteiger partial charge in [-0.15, -0.1) is 0 Å².